The Bertz CT molecular complexity index is 690. The van der Waals surface area contributed by atoms with Crippen LogP contribution < -0.4 is 10.6 Å². The summed E-state index contributed by atoms with van der Waals surface area (Å²) in [4.78, 5) is 11.4. The molecule has 0 saturated carbocycles. The number of anilines is 1. The summed E-state index contributed by atoms with van der Waals surface area (Å²) in [5, 5.41) is 15.4. The number of nitrogens with one attached hydrogen (secondary N) is 2. The molecule has 4 nitrogen and oxygen atoms in total. The highest BCUT2D eigenvalue weighted by atomic mass is 35.5. The van der Waals surface area contributed by atoms with Crippen molar-refractivity contribution in [1.82, 2.24) is 5.32 Å². The van der Waals surface area contributed by atoms with Gasteiger partial charge in [0.2, 0.25) is 0 Å². The summed E-state index contributed by atoms with van der Waals surface area (Å²) < 4.78 is 0. The predicted molar refractivity (Wildman–Crippen MR) is 83.3 cm³/mol. The lowest BCUT2D eigenvalue weighted by atomic mass is 10.1. The number of halogens is 1. The Morgan fingerprint density at radius 1 is 1.24 bits per heavy atom. The van der Waals surface area contributed by atoms with E-state index in [0.29, 0.717) is 28.4 Å². The number of hydrogen-bond donors (Lipinski definition) is 2. The number of amides is 1. The van der Waals surface area contributed by atoms with Gasteiger partial charge in [0.05, 0.1) is 11.3 Å². The number of carbonyl (C=O) groups is 1. The molecule has 2 rings (SSSR count). The van der Waals surface area contributed by atoms with Crippen LogP contribution in [-0.2, 0) is 6.54 Å². The third-order valence-corrected chi connectivity index (χ3v) is 3.26. The Balaban J connectivity index is 2.08. The van der Waals surface area contributed by atoms with Gasteiger partial charge in [-0.3, -0.25) is 4.79 Å². The molecular formula is C16H14ClN3O. The van der Waals surface area contributed by atoms with Gasteiger partial charge in [0.15, 0.2) is 0 Å². The molecule has 106 valence electrons. The molecule has 0 heterocycles. The first kappa shape index (κ1) is 14.9. The molecule has 0 fully saturated rings. The van der Waals surface area contributed by atoms with Gasteiger partial charge in [0.1, 0.15) is 6.07 Å². The fourth-order valence-corrected chi connectivity index (χ4v) is 2.05. The SMILES string of the molecule is CNC(=O)c1ccc(CNc2cc(Cl)ccc2C#N)cc1. The highest BCUT2D eigenvalue weighted by Gasteiger charge is 2.04. The number of carbonyl (C=O) groups excluding carboxylic acids is 1. The fraction of sp³-hybridized carbons (Fsp3) is 0.125. The maximum Gasteiger partial charge on any atom is 0.251 e. The van der Waals surface area contributed by atoms with Crippen molar-refractivity contribution in [3.8, 4) is 6.07 Å². The van der Waals surface area contributed by atoms with Crippen LogP contribution in [0.1, 0.15) is 21.5 Å². The molecule has 0 aliphatic heterocycles. The molecule has 5 heteroatoms. The first-order chi connectivity index (χ1) is 10.1. The molecule has 0 aromatic heterocycles. The summed E-state index contributed by atoms with van der Waals surface area (Å²) in [5.41, 5.74) is 2.86. The summed E-state index contributed by atoms with van der Waals surface area (Å²) in [6.45, 7) is 0.545. The van der Waals surface area contributed by atoms with Crippen LogP contribution in [0.4, 0.5) is 5.69 Å². The second kappa shape index (κ2) is 6.78. The first-order valence-corrected chi connectivity index (χ1v) is 6.76. The quantitative estimate of drug-likeness (QED) is 0.911. The fourth-order valence-electron chi connectivity index (χ4n) is 1.88. The van der Waals surface area contributed by atoms with Gasteiger partial charge in [-0.1, -0.05) is 23.7 Å². The molecule has 2 aromatic carbocycles. The first-order valence-electron chi connectivity index (χ1n) is 6.38. The van der Waals surface area contributed by atoms with Gasteiger partial charge in [-0.2, -0.15) is 5.26 Å². The second-order valence-electron chi connectivity index (χ2n) is 4.43. The molecule has 0 radical (unpaired) electrons. The highest BCUT2D eigenvalue weighted by Crippen LogP contribution is 2.21. The van der Waals surface area contributed by atoms with Crippen LogP contribution in [0.25, 0.3) is 0 Å². The Kier molecular flexibility index (Phi) is 4.81. The van der Waals surface area contributed by atoms with E-state index in [1.54, 1.807) is 37.4 Å². The highest BCUT2D eigenvalue weighted by molar-refractivity contribution is 6.30. The van der Waals surface area contributed by atoms with E-state index < -0.39 is 0 Å². The second-order valence-corrected chi connectivity index (χ2v) is 4.87. The van der Waals surface area contributed by atoms with Crippen molar-refractivity contribution < 1.29 is 4.79 Å². The van der Waals surface area contributed by atoms with E-state index in [0.717, 1.165) is 5.56 Å². The number of rotatable bonds is 4. The van der Waals surface area contributed by atoms with Gasteiger partial charge >= 0.3 is 0 Å². The van der Waals surface area contributed by atoms with Gasteiger partial charge in [-0.05, 0) is 35.9 Å². The van der Waals surface area contributed by atoms with Gasteiger partial charge in [-0.25, -0.2) is 0 Å². The van der Waals surface area contributed by atoms with Crippen LogP contribution in [0.5, 0.6) is 0 Å². The summed E-state index contributed by atoms with van der Waals surface area (Å²) in [6, 6.07) is 14.5. The van der Waals surface area contributed by atoms with E-state index in [1.807, 2.05) is 12.1 Å². The minimum Gasteiger partial charge on any atom is -0.380 e. The molecule has 0 unspecified atom stereocenters. The summed E-state index contributed by atoms with van der Waals surface area (Å²) >= 11 is 5.93. The molecular weight excluding hydrogens is 286 g/mol. The molecule has 0 saturated heterocycles. The van der Waals surface area contributed by atoms with E-state index in [2.05, 4.69) is 16.7 Å². The van der Waals surface area contributed by atoms with E-state index >= 15 is 0 Å². The summed E-state index contributed by atoms with van der Waals surface area (Å²) in [7, 11) is 1.60. The van der Waals surface area contributed by atoms with Crippen LogP contribution in [0, 0.1) is 11.3 Å². The number of nitriles is 1. The zero-order valence-corrected chi connectivity index (χ0v) is 12.2. The minimum absolute atomic E-state index is 0.115. The van der Waals surface area contributed by atoms with Crippen molar-refractivity contribution in [2.75, 3.05) is 12.4 Å². The maximum absolute atomic E-state index is 11.4. The lowest BCUT2D eigenvalue weighted by Gasteiger charge is -2.09. The van der Waals surface area contributed by atoms with Crippen LogP contribution in [-0.4, -0.2) is 13.0 Å². The van der Waals surface area contributed by atoms with Crippen molar-refractivity contribution >= 4 is 23.2 Å². The predicted octanol–water partition coefficient (Wildman–Crippen LogP) is 3.18. The largest absolute Gasteiger partial charge is 0.380 e. The monoisotopic (exact) mass is 299 g/mol. The zero-order chi connectivity index (χ0) is 15.2. The molecule has 0 spiro atoms. The van der Waals surface area contributed by atoms with Crippen molar-refractivity contribution in [3.63, 3.8) is 0 Å². The normalized spacial score (nSPS) is 9.76. The number of benzene rings is 2. The van der Waals surface area contributed by atoms with Crippen LogP contribution in [0.3, 0.4) is 0 Å². The maximum atomic E-state index is 11.4. The van der Waals surface area contributed by atoms with Gasteiger partial charge in [-0.15, -0.1) is 0 Å². The third kappa shape index (κ3) is 3.74. The standard InChI is InChI=1S/C16H14ClN3O/c1-19-16(21)12-4-2-11(3-5-12)10-20-15-8-14(17)7-6-13(15)9-18/h2-8,20H,10H2,1H3,(H,19,21). The average Bonchev–Trinajstić information content (AvgIpc) is 2.52. The van der Waals surface area contributed by atoms with E-state index in [9.17, 15) is 4.79 Å². The molecule has 2 aromatic rings. The Labute approximate surface area is 128 Å². The number of nitrogens with zero attached hydrogens (tertiary/aromatic N) is 1. The molecule has 0 atom stereocenters. The lowest BCUT2D eigenvalue weighted by Crippen LogP contribution is -2.17. The van der Waals surface area contributed by atoms with E-state index in [1.165, 1.54) is 0 Å². The smallest absolute Gasteiger partial charge is 0.251 e. The number of hydrogen-bond acceptors (Lipinski definition) is 3. The lowest BCUT2D eigenvalue weighted by molar-refractivity contribution is 0.0963. The minimum atomic E-state index is -0.115. The van der Waals surface area contributed by atoms with Gasteiger partial charge < -0.3 is 10.6 Å². The molecule has 0 bridgehead atoms. The van der Waals surface area contributed by atoms with Gasteiger partial charge in [0, 0.05) is 24.2 Å². The molecule has 21 heavy (non-hydrogen) atoms. The molecule has 2 N–H and O–H groups in total. The molecule has 0 aliphatic rings. The van der Waals surface area contributed by atoms with E-state index in [-0.39, 0.29) is 5.91 Å². The van der Waals surface area contributed by atoms with Gasteiger partial charge in [0.25, 0.3) is 5.91 Å². The third-order valence-electron chi connectivity index (χ3n) is 3.03. The topological polar surface area (TPSA) is 64.9 Å². The molecule has 1 amide bonds. The van der Waals surface area contributed by atoms with Crippen molar-refractivity contribution in [2.45, 2.75) is 6.54 Å². The van der Waals surface area contributed by atoms with E-state index in [4.69, 9.17) is 16.9 Å². The van der Waals surface area contributed by atoms with Crippen LogP contribution in [0.15, 0.2) is 42.5 Å². The summed E-state index contributed by atoms with van der Waals surface area (Å²) in [5.74, 6) is -0.115. The Morgan fingerprint density at radius 2 is 1.95 bits per heavy atom. The Hall–Kier alpha value is -2.51. The van der Waals surface area contributed by atoms with Crippen molar-refractivity contribution in [1.29, 1.82) is 5.26 Å². The average molecular weight is 300 g/mol. The van der Waals surface area contributed by atoms with Crippen molar-refractivity contribution in [3.05, 3.63) is 64.2 Å². The zero-order valence-electron chi connectivity index (χ0n) is 11.5. The summed E-state index contributed by atoms with van der Waals surface area (Å²) in [6.07, 6.45) is 0. The Morgan fingerprint density at radius 3 is 2.57 bits per heavy atom. The van der Waals surface area contributed by atoms with Crippen LogP contribution >= 0.6 is 11.6 Å². The van der Waals surface area contributed by atoms with Crippen molar-refractivity contribution in [2.24, 2.45) is 0 Å². The molecule has 0 aliphatic carbocycles. The van der Waals surface area contributed by atoms with Crippen LogP contribution in [0.2, 0.25) is 5.02 Å².